The Morgan fingerprint density at radius 1 is 0.909 bits per heavy atom. The van der Waals surface area contributed by atoms with Gasteiger partial charge in [0.2, 0.25) is 0 Å². The Morgan fingerprint density at radius 3 is 1.36 bits per heavy atom. The maximum atomic E-state index is 2.55. The van der Waals surface area contributed by atoms with Crippen LogP contribution in [0, 0.1) is 0 Å². The zero-order valence-corrected chi connectivity index (χ0v) is 13.0. The Labute approximate surface area is 78.9 Å². The van der Waals surface area contributed by atoms with Crippen molar-refractivity contribution in [3.63, 3.8) is 0 Å². The fourth-order valence-electron chi connectivity index (χ4n) is 0.707. The smallest absolute Gasteiger partial charge is 0.0998 e. The molecule has 0 heterocycles. The van der Waals surface area contributed by atoms with Crippen LogP contribution in [-0.2, 0) is 0 Å². The molecular weight excluding hydrogens is 200 g/mol. The van der Waals surface area contributed by atoms with Gasteiger partial charge in [-0.15, -0.1) is 0 Å². The summed E-state index contributed by atoms with van der Waals surface area (Å²) in [5, 5.41) is 0. The maximum Gasteiger partial charge on any atom is 0.0998 e. The SMILES string of the molecule is C[SiH](S[Si](C)(C)C)[Si](C)(C)C. The van der Waals surface area contributed by atoms with Crippen LogP contribution in [-0.4, -0.2) is 22.3 Å². The van der Waals surface area contributed by atoms with Gasteiger partial charge in [-0.25, -0.2) is 10.7 Å². The first-order chi connectivity index (χ1) is 4.63. The van der Waals surface area contributed by atoms with Crippen molar-refractivity contribution in [2.24, 2.45) is 0 Å². The molecular formula is C7H22SSi3. The van der Waals surface area contributed by atoms with Crippen LogP contribution < -0.4 is 0 Å². The van der Waals surface area contributed by atoms with Gasteiger partial charge in [-0.2, -0.15) is 0 Å². The summed E-state index contributed by atoms with van der Waals surface area (Å²) in [6.07, 6.45) is 0. The molecule has 0 radical (unpaired) electrons. The van der Waals surface area contributed by atoms with E-state index in [2.05, 4.69) is 56.5 Å². The van der Waals surface area contributed by atoms with Gasteiger partial charge in [0.05, 0.1) is 14.7 Å². The van der Waals surface area contributed by atoms with Gasteiger partial charge in [0.15, 0.2) is 0 Å². The Kier molecular flexibility index (Phi) is 4.15. The van der Waals surface area contributed by atoms with Crippen molar-refractivity contribution in [3.8, 4) is 0 Å². The van der Waals surface area contributed by atoms with Crippen molar-refractivity contribution in [1.82, 2.24) is 0 Å². The van der Waals surface area contributed by atoms with Gasteiger partial charge in [-0.1, -0.05) is 45.8 Å². The zero-order chi connectivity index (χ0) is 9.28. The van der Waals surface area contributed by atoms with Crippen LogP contribution >= 0.6 is 10.7 Å². The standard InChI is InChI=1S/C7H22SSi3/c1-9(11(5,6)7)8-10(2,3)4/h9H,1-7H3. The second-order valence-electron chi connectivity index (χ2n) is 5.24. The van der Waals surface area contributed by atoms with Gasteiger partial charge in [-0.05, 0) is 0 Å². The fraction of sp³-hybridized carbons (Fsp3) is 1.00. The third-order valence-electron chi connectivity index (χ3n) is 1.75. The summed E-state index contributed by atoms with van der Waals surface area (Å²) in [7, 11) is 0.454. The van der Waals surface area contributed by atoms with Crippen LogP contribution in [0.15, 0.2) is 0 Å². The molecule has 1 unspecified atom stereocenters. The Morgan fingerprint density at radius 2 is 1.27 bits per heavy atom. The quantitative estimate of drug-likeness (QED) is 0.660. The van der Waals surface area contributed by atoms with E-state index < -0.39 is 22.3 Å². The van der Waals surface area contributed by atoms with Crippen LogP contribution in [0.2, 0.25) is 45.8 Å². The monoisotopic (exact) mass is 222 g/mol. The Hall–Kier alpha value is 1.00. The normalized spacial score (nSPS) is 16.6. The molecule has 0 saturated carbocycles. The summed E-state index contributed by atoms with van der Waals surface area (Å²) in [5.74, 6) is 0. The Balaban J connectivity index is 3.99. The van der Waals surface area contributed by atoms with E-state index in [1.807, 2.05) is 0 Å². The van der Waals surface area contributed by atoms with E-state index in [1.165, 1.54) is 0 Å². The molecule has 0 aromatic rings. The lowest BCUT2D eigenvalue weighted by atomic mass is 11.8. The summed E-state index contributed by atoms with van der Waals surface area (Å²) in [6.45, 7) is 17.5. The van der Waals surface area contributed by atoms with Crippen molar-refractivity contribution in [1.29, 1.82) is 0 Å². The summed E-state index contributed by atoms with van der Waals surface area (Å²) in [5.41, 5.74) is 0. The highest BCUT2D eigenvalue weighted by atomic mass is 32.5. The van der Waals surface area contributed by atoms with Gasteiger partial charge in [-0.3, -0.25) is 0 Å². The van der Waals surface area contributed by atoms with Gasteiger partial charge in [0, 0.05) is 7.59 Å². The highest BCUT2D eigenvalue weighted by Crippen LogP contribution is 2.27. The predicted octanol–water partition coefficient (Wildman–Crippen LogP) is 3.32. The summed E-state index contributed by atoms with van der Waals surface area (Å²) < 4.78 is 0. The van der Waals surface area contributed by atoms with Crippen LogP contribution in [0.4, 0.5) is 0 Å². The fourth-order valence-corrected chi connectivity index (χ4v) is 38.2. The first-order valence-electron chi connectivity index (χ1n) is 4.31. The average molecular weight is 223 g/mol. The highest BCUT2D eigenvalue weighted by molar-refractivity contribution is 8.51. The van der Waals surface area contributed by atoms with Gasteiger partial charge in [0.1, 0.15) is 0 Å². The first-order valence-corrected chi connectivity index (χ1v) is 17.3. The topological polar surface area (TPSA) is 0 Å². The number of hydrogen-bond acceptors (Lipinski definition) is 1. The van der Waals surface area contributed by atoms with Gasteiger partial charge in [0.25, 0.3) is 0 Å². The molecule has 0 amide bonds. The molecule has 0 aromatic heterocycles. The molecule has 0 aliphatic heterocycles. The number of rotatable bonds is 3. The van der Waals surface area contributed by atoms with Gasteiger partial charge >= 0.3 is 0 Å². The molecule has 4 heteroatoms. The lowest BCUT2D eigenvalue weighted by Gasteiger charge is -2.29. The molecule has 0 N–H and O–H groups in total. The van der Waals surface area contributed by atoms with Crippen LogP contribution in [0.25, 0.3) is 0 Å². The van der Waals surface area contributed by atoms with Crippen LogP contribution in [0.1, 0.15) is 0 Å². The molecule has 0 aromatic carbocycles. The first kappa shape index (κ1) is 12.0. The van der Waals surface area contributed by atoms with E-state index in [0.717, 1.165) is 0 Å². The van der Waals surface area contributed by atoms with Crippen molar-refractivity contribution >= 4 is 32.9 Å². The molecule has 0 saturated heterocycles. The molecule has 0 bridgehead atoms. The minimum Gasteiger partial charge on any atom is -0.213 e. The van der Waals surface area contributed by atoms with Crippen molar-refractivity contribution in [3.05, 3.63) is 0 Å². The van der Waals surface area contributed by atoms with Crippen LogP contribution in [0.3, 0.4) is 0 Å². The van der Waals surface area contributed by atoms with Crippen molar-refractivity contribution < 1.29 is 0 Å². The molecule has 0 rings (SSSR count). The minimum atomic E-state index is -0.817. The third kappa shape index (κ3) is 6.19. The molecule has 0 fully saturated rings. The van der Waals surface area contributed by atoms with E-state index in [1.54, 1.807) is 0 Å². The van der Waals surface area contributed by atoms with E-state index in [0.29, 0.717) is 0 Å². The molecule has 0 aliphatic carbocycles. The molecule has 0 spiro atoms. The second-order valence-corrected chi connectivity index (χ2v) is 33.4. The lowest BCUT2D eigenvalue weighted by Crippen LogP contribution is -2.41. The molecule has 68 valence electrons. The zero-order valence-electron chi connectivity index (χ0n) is 8.99. The van der Waals surface area contributed by atoms with E-state index in [9.17, 15) is 0 Å². The summed E-state index contributed by atoms with van der Waals surface area (Å²) in [6, 6.07) is 0. The molecule has 0 nitrogen and oxygen atoms in total. The molecule has 0 aliphatic rings. The molecule has 1 atom stereocenters. The van der Waals surface area contributed by atoms with Crippen LogP contribution in [0.5, 0.6) is 0 Å². The van der Waals surface area contributed by atoms with Crippen molar-refractivity contribution in [2.75, 3.05) is 0 Å². The number of hydrogen-bond donors (Lipinski definition) is 0. The summed E-state index contributed by atoms with van der Waals surface area (Å²) >= 11 is 0. The minimum absolute atomic E-state index is 0.398. The van der Waals surface area contributed by atoms with Gasteiger partial charge < -0.3 is 0 Å². The van der Waals surface area contributed by atoms with E-state index >= 15 is 0 Å². The lowest BCUT2D eigenvalue weighted by molar-refractivity contribution is 1.84. The predicted molar refractivity (Wildman–Crippen MR) is 67.3 cm³/mol. The second kappa shape index (κ2) is 3.81. The van der Waals surface area contributed by atoms with E-state index in [4.69, 9.17) is 0 Å². The maximum absolute atomic E-state index is 2.55. The Bertz CT molecular complexity index is 123. The summed E-state index contributed by atoms with van der Waals surface area (Å²) in [4.78, 5) is 0. The van der Waals surface area contributed by atoms with E-state index in [-0.39, 0.29) is 0 Å². The highest BCUT2D eigenvalue weighted by Gasteiger charge is 2.29. The largest absolute Gasteiger partial charge is 0.213 e. The molecule has 11 heavy (non-hydrogen) atoms. The van der Waals surface area contributed by atoms with Crippen molar-refractivity contribution in [2.45, 2.75) is 45.8 Å². The third-order valence-corrected chi connectivity index (χ3v) is 34.8. The average Bonchev–Trinajstić information content (AvgIpc) is 1.56.